The van der Waals surface area contributed by atoms with Crippen LogP contribution >= 0.6 is 43.2 Å². The Balaban J connectivity index is 2.34. The summed E-state index contributed by atoms with van der Waals surface area (Å²) in [5.74, 6) is 0. The van der Waals surface area contributed by atoms with Crippen LogP contribution in [0.25, 0.3) is 0 Å². The third-order valence-corrected chi connectivity index (χ3v) is 4.79. The van der Waals surface area contributed by atoms with Crippen LogP contribution in [0.5, 0.6) is 0 Å². The van der Waals surface area contributed by atoms with Gasteiger partial charge in [-0.15, -0.1) is 0 Å². The van der Waals surface area contributed by atoms with Gasteiger partial charge >= 0.3 is 0 Å². The molecular weight excluding hydrogens is 338 g/mol. The van der Waals surface area contributed by atoms with E-state index in [1.807, 2.05) is 23.6 Å². The third kappa shape index (κ3) is 2.50. The van der Waals surface area contributed by atoms with Gasteiger partial charge in [0.05, 0.1) is 6.04 Å². The van der Waals surface area contributed by atoms with Crippen molar-refractivity contribution < 1.29 is 0 Å². The van der Waals surface area contributed by atoms with Crippen LogP contribution < -0.4 is 5.73 Å². The zero-order chi connectivity index (χ0) is 10.8. The molecule has 0 radical (unpaired) electrons. The van der Waals surface area contributed by atoms with Crippen molar-refractivity contribution in [2.24, 2.45) is 5.73 Å². The second-order valence-corrected chi connectivity index (χ2v) is 5.70. The van der Waals surface area contributed by atoms with Crippen LogP contribution in [0.3, 0.4) is 0 Å². The summed E-state index contributed by atoms with van der Waals surface area (Å²) in [5.41, 5.74) is 8.43. The van der Waals surface area contributed by atoms with Gasteiger partial charge in [0.25, 0.3) is 0 Å². The molecule has 0 fully saturated rings. The Hall–Kier alpha value is -0.160. The SMILES string of the molecule is N[C@@H](c1ccsc1)c1ccc(Br)c(Br)c1. The van der Waals surface area contributed by atoms with E-state index >= 15 is 0 Å². The zero-order valence-electron chi connectivity index (χ0n) is 7.78. The summed E-state index contributed by atoms with van der Waals surface area (Å²) in [6, 6.07) is 8.11. The van der Waals surface area contributed by atoms with E-state index in [9.17, 15) is 0 Å². The van der Waals surface area contributed by atoms with E-state index in [1.54, 1.807) is 11.3 Å². The van der Waals surface area contributed by atoms with E-state index < -0.39 is 0 Å². The molecule has 2 rings (SSSR count). The highest BCUT2D eigenvalue weighted by atomic mass is 79.9. The van der Waals surface area contributed by atoms with Gasteiger partial charge in [-0.1, -0.05) is 6.07 Å². The number of halogens is 2. The van der Waals surface area contributed by atoms with E-state index in [-0.39, 0.29) is 6.04 Å². The first-order valence-electron chi connectivity index (χ1n) is 4.41. The standard InChI is InChI=1S/C11H9Br2NS/c12-9-2-1-7(5-10(9)13)11(14)8-3-4-15-6-8/h1-6,11H,14H2/t11-/m1/s1. The fourth-order valence-electron chi connectivity index (χ4n) is 1.35. The lowest BCUT2D eigenvalue weighted by Crippen LogP contribution is -2.10. The quantitative estimate of drug-likeness (QED) is 0.860. The maximum atomic E-state index is 6.15. The van der Waals surface area contributed by atoms with Gasteiger partial charge in [0.1, 0.15) is 0 Å². The molecule has 1 atom stereocenters. The van der Waals surface area contributed by atoms with Crippen molar-refractivity contribution in [3.63, 3.8) is 0 Å². The molecule has 15 heavy (non-hydrogen) atoms. The van der Waals surface area contributed by atoms with E-state index in [0.29, 0.717) is 0 Å². The molecule has 1 aromatic heterocycles. The second kappa shape index (κ2) is 4.78. The van der Waals surface area contributed by atoms with Gasteiger partial charge in [-0.3, -0.25) is 0 Å². The Morgan fingerprint density at radius 3 is 2.47 bits per heavy atom. The highest BCUT2D eigenvalue weighted by Crippen LogP contribution is 2.28. The van der Waals surface area contributed by atoms with E-state index in [4.69, 9.17) is 5.73 Å². The van der Waals surface area contributed by atoms with Gasteiger partial charge < -0.3 is 5.73 Å². The fraction of sp³-hybridized carbons (Fsp3) is 0.0909. The Kier molecular flexibility index (Phi) is 3.61. The molecule has 0 bridgehead atoms. The molecule has 0 saturated heterocycles. The summed E-state index contributed by atoms with van der Waals surface area (Å²) in [6.45, 7) is 0. The molecule has 1 heterocycles. The lowest BCUT2D eigenvalue weighted by molar-refractivity contribution is 0.875. The summed E-state index contributed by atoms with van der Waals surface area (Å²) < 4.78 is 2.08. The number of hydrogen-bond acceptors (Lipinski definition) is 2. The molecule has 0 unspecified atom stereocenters. The van der Waals surface area contributed by atoms with E-state index in [1.165, 1.54) is 0 Å². The van der Waals surface area contributed by atoms with E-state index in [2.05, 4.69) is 43.3 Å². The average molecular weight is 347 g/mol. The monoisotopic (exact) mass is 345 g/mol. The molecule has 4 heteroatoms. The van der Waals surface area contributed by atoms with Crippen molar-refractivity contribution in [3.8, 4) is 0 Å². The summed E-state index contributed by atoms with van der Waals surface area (Å²) in [6.07, 6.45) is 0. The lowest BCUT2D eigenvalue weighted by Gasteiger charge is -2.11. The Bertz CT molecular complexity index is 454. The molecule has 78 valence electrons. The number of hydrogen-bond donors (Lipinski definition) is 1. The number of benzene rings is 1. The molecule has 2 N–H and O–H groups in total. The predicted octanol–water partition coefficient (Wildman–Crippen LogP) is 4.32. The smallest absolute Gasteiger partial charge is 0.0560 e. The van der Waals surface area contributed by atoms with Crippen molar-refractivity contribution in [1.29, 1.82) is 0 Å². The number of nitrogens with two attached hydrogens (primary N) is 1. The van der Waals surface area contributed by atoms with Gasteiger partial charge in [-0.2, -0.15) is 11.3 Å². The minimum Gasteiger partial charge on any atom is -0.320 e. The molecule has 1 aromatic carbocycles. The van der Waals surface area contributed by atoms with Crippen molar-refractivity contribution in [1.82, 2.24) is 0 Å². The molecule has 0 aliphatic carbocycles. The Morgan fingerprint density at radius 2 is 1.87 bits per heavy atom. The third-order valence-electron chi connectivity index (χ3n) is 2.21. The number of rotatable bonds is 2. The van der Waals surface area contributed by atoms with Crippen LogP contribution in [0.2, 0.25) is 0 Å². The molecular formula is C11H9Br2NS. The Morgan fingerprint density at radius 1 is 1.07 bits per heavy atom. The number of thiophene rings is 1. The van der Waals surface area contributed by atoms with Crippen LogP contribution in [0.15, 0.2) is 44.0 Å². The van der Waals surface area contributed by atoms with Crippen LogP contribution in [0.4, 0.5) is 0 Å². The minimum absolute atomic E-state index is 0.0411. The first-order chi connectivity index (χ1) is 7.18. The summed E-state index contributed by atoms with van der Waals surface area (Å²) >= 11 is 8.59. The minimum atomic E-state index is -0.0411. The molecule has 0 aliphatic rings. The first kappa shape index (κ1) is 11.3. The normalized spacial score (nSPS) is 12.7. The molecule has 0 saturated carbocycles. The largest absolute Gasteiger partial charge is 0.320 e. The molecule has 1 nitrogen and oxygen atoms in total. The lowest BCUT2D eigenvalue weighted by atomic mass is 10.0. The van der Waals surface area contributed by atoms with Gasteiger partial charge in [-0.25, -0.2) is 0 Å². The van der Waals surface area contributed by atoms with Crippen molar-refractivity contribution in [3.05, 3.63) is 55.1 Å². The summed E-state index contributed by atoms with van der Waals surface area (Å²) in [4.78, 5) is 0. The van der Waals surface area contributed by atoms with Crippen molar-refractivity contribution in [2.75, 3.05) is 0 Å². The maximum absolute atomic E-state index is 6.15. The highest BCUT2D eigenvalue weighted by Gasteiger charge is 2.10. The van der Waals surface area contributed by atoms with Crippen LogP contribution in [-0.2, 0) is 0 Å². The van der Waals surface area contributed by atoms with Crippen LogP contribution in [0.1, 0.15) is 17.2 Å². The van der Waals surface area contributed by atoms with Gasteiger partial charge in [-0.05, 0) is 71.9 Å². The zero-order valence-corrected chi connectivity index (χ0v) is 11.8. The fourth-order valence-corrected chi connectivity index (χ4v) is 2.69. The topological polar surface area (TPSA) is 26.0 Å². The van der Waals surface area contributed by atoms with Crippen LogP contribution in [-0.4, -0.2) is 0 Å². The Labute approximate surface area is 110 Å². The van der Waals surface area contributed by atoms with Crippen molar-refractivity contribution >= 4 is 43.2 Å². The van der Waals surface area contributed by atoms with Crippen molar-refractivity contribution in [2.45, 2.75) is 6.04 Å². The van der Waals surface area contributed by atoms with Gasteiger partial charge in [0.2, 0.25) is 0 Å². The van der Waals surface area contributed by atoms with Gasteiger partial charge in [0.15, 0.2) is 0 Å². The molecule has 0 amide bonds. The van der Waals surface area contributed by atoms with Gasteiger partial charge in [0, 0.05) is 8.95 Å². The average Bonchev–Trinajstić information content (AvgIpc) is 2.74. The summed E-state index contributed by atoms with van der Waals surface area (Å²) in [7, 11) is 0. The van der Waals surface area contributed by atoms with Crippen LogP contribution in [0, 0.1) is 0 Å². The van der Waals surface area contributed by atoms with E-state index in [0.717, 1.165) is 20.1 Å². The molecule has 0 spiro atoms. The first-order valence-corrected chi connectivity index (χ1v) is 6.94. The maximum Gasteiger partial charge on any atom is 0.0560 e. The summed E-state index contributed by atoms with van der Waals surface area (Å²) in [5, 5.41) is 4.13. The predicted molar refractivity (Wildman–Crippen MR) is 72.2 cm³/mol. The highest BCUT2D eigenvalue weighted by molar-refractivity contribution is 9.13. The molecule has 2 aromatic rings. The second-order valence-electron chi connectivity index (χ2n) is 3.21. The molecule has 0 aliphatic heterocycles.